The van der Waals surface area contributed by atoms with Gasteiger partial charge in [0.1, 0.15) is 5.75 Å². The summed E-state index contributed by atoms with van der Waals surface area (Å²) >= 11 is 0. The van der Waals surface area contributed by atoms with Gasteiger partial charge >= 0.3 is 0 Å². The molecule has 0 bridgehead atoms. The summed E-state index contributed by atoms with van der Waals surface area (Å²) in [6.07, 6.45) is 5.39. The number of aliphatic hydroxyl groups is 1. The van der Waals surface area contributed by atoms with Crippen molar-refractivity contribution in [2.75, 3.05) is 13.7 Å². The number of carbonyl (C=O) groups excluding carboxylic acids is 1. The lowest BCUT2D eigenvalue weighted by molar-refractivity contribution is -0.117. The Hall–Kier alpha value is -1.81. The zero-order valence-electron chi connectivity index (χ0n) is 13.3. The molecule has 1 saturated carbocycles. The molecule has 22 heavy (non-hydrogen) atoms. The van der Waals surface area contributed by atoms with Crippen LogP contribution < -0.4 is 10.1 Å². The summed E-state index contributed by atoms with van der Waals surface area (Å²) in [7, 11) is 1.64. The van der Waals surface area contributed by atoms with Crippen LogP contribution in [-0.4, -0.2) is 30.8 Å². The van der Waals surface area contributed by atoms with Crippen LogP contribution in [0.2, 0.25) is 0 Å². The zero-order valence-corrected chi connectivity index (χ0v) is 13.3. The van der Waals surface area contributed by atoms with Crippen molar-refractivity contribution in [3.05, 3.63) is 35.9 Å². The van der Waals surface area contributed by atoms with Gasteiger partial charge in [-0.15, -0.1) is 0 Å². The van der Waals surface area contributed by atoms with Crippen LogP contribution in [0.3, 0.4) is 0 Å². The third kappa shape index (κ3) is 4.60. The van der Waals surface area contributed by atoms with E-state index in [2.05, 4.69) is 5.32 Å². The normalized spacial score (nSPS) is 16.2. The van der Waals surface area contributed by atoms with Crippen LogP contribution in [0, 0.1) is 5.92 Å². The largest absolute Gasteiger partial charge is 0.497 e. The van der Waals surface area contributed by atoms with Crippen molar-refractivity contribution in [2.24, 2.45) is 5.92 Å². The number of methoxy groups -OCH3 is 1. The third-order valence-corrected chi connectivity index (χ3v) is 4.11. The van der Waals surface area contributed by atoms with Crippen LogP contribution in [0.4, 0.5) is 0 Å². The minimum atomic E-state index is -0.0713. The molecule has 1 aromatic rings. The van der Waals surface area contributed by atoms with Crippen LogP contribution in [-0.2, 0) is 4.79 Å². The second kappa shape index (κ2) is 7.99. The predicted octanol–water partition coefficient (Wildman–Crippen LogP) is 2.77. The van der Waals surface area contributed by atoms with Gasteiger partial charge in [0.05, 0.1) is 7.11 Å². The van der Waals surface area contributed by atoms with Gasteiger partial charge in [-0.05, 0) is 54.9 Å². The molecule has 120 valence electrons. The Bertz CT molecular complexity index is 518. The molecule has 0 heterocycles. The van der Waals surface area contributed by atoms with Gasteiger partial charge in [-0.1, -0.05) is 19.1 Å². The van der Waals surface area contributed by atoms with E-state index in [0.717, 1.165) is 36.1 Å². The van der Waals surface area contributed by atoms with E-state index in [1.165, 1.54) is 0 Å². The highest BCUT2D eigenvalue weighted by Gasteiger charge is 2.31. The molecule has 0 saturated heterocycles. The van der Waals surface area contributed by atoms with Gasteiger partial charge in [-0.25, -0.2) is 0 Å². The quantitative estimate of drug-likeness (QED) is 0.726. The first-order valence-corrected chi connectivity index (χ1v) is 7.94. The fourth-order valence-electron chi connectivity index (χ4n) is 2.64. The molecule has 1 aromatic carbocycles. The van der Waals surface area contributed by atoms with Crippen molar-refractivity contribution in [1.29, 1.82) is 0 Å². The Morgan fingerprint density at radius 1 is 1.41 bits per heavy atom. The summed E-state index contributed by atoms with van der Waals surface area (Å²) in [5.74, 6) is 1.27. The van der Waals surface area contributed by atoms with Crippen molar-refractivity contribution in [2.45, 2.75) is 38.6 Å². The molecule has 1 unspecified atom stereocenters. The first-order valence-electron chi connectivity index (χ1n) is 7.94. The maximum absolute atomic E-state index is 12.2. The minimum Gasteiger partial charge on any atom is -0.497 e. The summed E-state index contributed by atoms with van der Waals surface area (Å²) in [4.78, 5) is 12.2. The monoisotopic (exact) mass is 303 g/mol. The molecule has 2 rings (SSSR count). The molecule has 2 N–H and O–H groups in total. The summed E-state index contributed by atoms with van der Waals surface area (Å²) in [5, 5.41) is 12.1. The zero-order chi connectivity index (χ0) is 15.9. The molecule has 4 nitrogen and oxygen atoms in total. The second-order valence-corrected chi connectivity index (χ2v) is 5.72. The molecule has 1 atom stereocenters. The summed E-state index contributed by atoms with van der Waals surface area (Å²) in [6, 6.07) is 7.83. The Kier molecular flexibility index (Phi) is 6.01. The SMILES string of the molecule is CC/C(=C/C(=O)NC(CCO)C1CC1)c1ccc(OC)cc1. The van der Waals surface area contributed by atoms with Crippen molar-refractivity contribution in [1.82, 2.24) is 5.32 Å². The highest BCUT2D eigenvalue weighted by atomic mass is 16.5. The summed E-state index contributed by atoms with van der Waals surface area (Å²) in [5.41, 5.74) is 2.03. The first-order chi connectivity index (χ1) is 10.7. The van der Waals surface area contributed by atoms with E-state index in [9.17, 15) is 4.79 Å². The van der Waals surface area contributed by atoms with Gasteiger partial charge in [0.15, 0.2) is 0 Å². The number of hydrogen-bond acceptors (Lipinski definition) is 3. The number of ether oxygens (including phenoxy) is 1. The van der Waals surface area contributed by atoms with Crippen molar-refractivity contribution >= 4 is 11.5 Å². The fourth-order valence-corrected chi connectivity index (χ4v) is 2.64. The molecule has 0 aromatic heterocycles. The number of amides is 1. The molecule has 4 heteroatoms. The lowest BCUT2D eigenvalue weighted by Gasteiger charge is -2.16. The highest BCUT2D eigenvalue weighted by molar-refractivity contribution is 5.95. The Labute approximate surface area is 132 Å². The molecule has 0 spiro atoms. The van der Waals surface area contributed by atoms with Gasteiger partial charge in [-0.3, -0.25) is 4.79 Å². The van der Waals surface area contributed by atoms with E-state index in [-0.39, 0.29) is 18.6 Å². The molecule has 1 fully saturated rings. The van der Waals surface area contributed by atoms with E-state index < -0.39 is 0 Å². The highest BCUT2D eigenvalue weighted by Crippen LogP contribution is 2.34. The fraction of sp³-hybridized carbons (Fsp3) is 0.500. The first kappa shape index (κ1) is 16.6. The molecule has 0 aliphatic heterocycles. The number of allylic oxidation sites excluding steroid dienone is 1. The van der Waals surface area contributed by atoms with Crippen LogP contribution in [0.5, 0.6) is 5.75 Å². The number of carbonyl (C=O) groups is 1. The van der Waals surface area contributed by atoms with Crippen molar-refractivity contribution in [3.8, 4) is 5.75 Å². The van der Waals surface area contributed by atoms with E-state index in [0.29, 0.717) is 12.3 Å². The smallest absolute Gasteiger partial charge is 0.244 e. The molecule has 1 aliphatic carbocycles. The second-order valence-electron chi connectivity index (χ2n) is 5.72. The Morgan fingerprint density at radius 2 is 2.09 bits per heavy atom. The van der Waals surface area contributed by atoms with Crippen LogP contribution in [0.15, 0.2) is 30.3 Å². The molecule has 0 radical (unpaired) electrons. The average molecular weight is 303 g/mol. The topological polar surface area (TPSA) is 58.6 Å². The average Bonchev–Trinajstić information content (AvgIpc) is 3.37. The van der Waals surface area contributed by atoms with Gasteiger partial charge < -0.3 is 15.2 Å². The van der Waals surface area contributed by atoms with Gasteiger partial charge in [-0.2, -0.15) is 0 Å². The number of rotatable bonds is 8. The van der Waals surface area contributed by atoms with E-state index >= 15 is 0 Å². The maximum Gasteiger partial charge on any atom is 0.244 e. The van der Waals surface area contributed by atoms with E-state index in [1.807, 2.05) is 31.2 Å². The van der Waals surface area contributed by atoms with E-state index in [1.54, 1.807) is 13.2 Å². The number of aliphatic hydroxyl groups excluding tert-OH is 1. The van der Waals surface area contributed by atoms with Crippen LogP contribution >= 0.6 is 0 Å². The minimum absolute atomic E-state index is 0.0713. The van der Waals surface area contributed by atoms with Crippen LogP contribution in [0.25, 0.3) is 5.57 Å². The summed E-state index contributed by atoms with van der Waals surface area (Å²) < 4.78 is 5.15. The molecule has 1 amide bonds. The Morgan fingerprint density at radius 3 is 2.59 bits per heavy atom. The van der Waals surface area contributed by atoms with Crippen molar-refractivity contribution in [3.63, 3.8) is 0 Å². The molecule has 1 aliphatic rings. The third-order valence-electron chi connectivity index (χ3n) is 4.11. The predicted molar refractivity (Wildman–Crippen MR) is 87.6 cm³/mol. The number of nitrogens with one attached hydrogen (secondary N) is 1. The van der Waals surface area contributed by atoms with Gasteiger partial charge in [0.25, 0.3) is 0 Å². The van der Waals surface area contributed by atoms with Gasteiger partial charge in [0, 0.05) is 18.7 Å². The number of hydrogen-bond donors (Lipinski definition) is 2. The van der Waals surface area contributed by atoms with Crippen LogP contribution in [0.1, 0.15) is 38.2 Å². The maximum atomic E-state index is 12.2. The Balaban J connectivity index is 2.04. The molecular formula is C18H25NO3. The lowest BCUT2D eigenvalue weighted by Crippen LogP contribution is -2.36. The van der Waals surface area contributed by atoms with Crippen molar-refractivity contribution < 1.29 is 14.6 Å². The molecular weight excluding hydrogens is 278 g/mol. The standard InChI is InChI=1S/C18H25NO3/c1-3-13(14-6-8-16(22-2)9-7-14)12-18(21)19-17(10-11-20)15-4-5-15/h6-9,12,15,17,20H,3-5,10-11H2,1-2H3,(H,19,21)/b13-12-. The van der Waals surface area contributed by atoms with E-state index in [4.69, 9.17) is 9.84 Å². The lowest BCUT2D eigenvalue weighted by atomic mass is 10.0. The number of benzene rings is 1. The van der Waals surface area contributed by atoms with Gasteiger partial charge in [0.2, 0.25) is 5.91 Å². The summed E-state index contributed by atoms with van der Waals surface area (Å²) in [6.45, 7) is 2.15.